The van der Waals surface area contributed by atoms with Crippen molar-refractivity contribution < 1.29 is 0 Å². The van der Waals surface area contributed by atoms with E-state index in [9.17, 15) is 4.79 Å². The van der Waals surface area contributed by atoms with Crippen molar-refractivity contribution in [3.05, 3.63) is 70.9 Å². The highest BCUT2D eigenvalue weighted by molar-refractivity contribution is 5.81. The number of hydrogen-bond donors (Lipinski definition) is 2. The smallest absolute Gasteiger partial charge is 0.328 e. The lowest BCUT2D eigenvalue weighted by atomic mass is 10.2. The standard InChI is InChI=1S/C20H20N6O/c1-13-5-4-6-14(9-13)23-18-11-19(22-12-21-18)24-15-7-8-16-17(10-15)26(3)20(27)25(16)2/h4-12H,1-3H3,(H2,21,22,23,24). The molecule has 0 spiro atoms. The van der Waals surface area contributed by atoms with Crippen LogP contribution in [0.5, 0.6) is 0 Å². The number of anilines is 4. The molecule has 0 fully saturated rings. The van der Waals surface area contributed by atoms with Crippen molar-refractivity contribution >= 4 is 34.0 Å². The van der Waals surface area contributed by atoms with Crippen molar-refractivity contribution in [2.75, 3.05) is 10.6 Å². The first-order valence-electron chi connectivity index (χ1n) is 8.59. The van der Waals surface area contributed by atoms with Crippen LogP contribution in [0.1, 0.15) is 5.56 Å². The second-order valence-electron chi connectivity index (χ2n) is 6.51. The van der Waals surface area contributed by atoms with Crippen LogP contribution in [0.25, 0.3) is 11.0 Å². The predicted octanol–water partition coefficient (Wildman–Crippen LogP) is 3.46. The first-order chi connectivity index (χ1) is 13.0. The summed E-state index contributed by atoms with van der Waals surface area (Å²) < 4.78 is 3.26. The second kappa shape index (κ2) is 6.60. The molecule has 2 heterocycles. The van der Waals surface area contributed by atoms with Gasteiger partial charge in [-0.2, -0.15) is 0 Å². The molecule has 7 heteroatoms. The number of benzene rings is 2. The monoisotopic (exact) mass is 360 g/mol. The first kappa shape index (κ1) is 16.8. The highest BCUT2D eigenvalue weighted by atomic mass is 16.1. The summed E-state index contributed by atoms with van der Waals surface area (Å²) in [6, 6.07) is 15.7. The van der Waals surface area contributed by atoms with Gasteiger partial charge in [0.05, 0.1) is 11.0 Å². The molecule has 27 heavy (non-hydrogen) atoms. The van der Waals surface area contributed by atoms with Crippen LogP contribution in [0, 0.1) is 6.92 Å². The molecule has 0 aliphatic carbocycles. The van der Waals surface area contributed by atoms with Gasteiger partial charge in [0.25, 0.3) is 0 Å². The zero-order valence-corrected chi connectivity index (χ0v) is 15.4. The van der Waals surface area contributed by atoms with Crippen LogP contribution in [0.15, 0.2) is 59.7 Å². The first-order valence-corrected chi connectivity index (χ1v) is 8.59. The lowest BCUT2D eigenvalue weighted by Gasteiger charge is -2.09. The van der Waals surface area contributed by atoms with E-state index in [1.54, 1.807) is 23.2 Å². The Kier molecular flexibility index (Phi) is 4.12. The number of aryl methyl sites for hydroxylation is 3. The highest BCUT2D eigenvalue weighted by Gasteiger charge is 2.08. The van der Waals surface area contributed by atoms with Gasteiger partial charge in [-0.3, -0.25) is 9.13 Å². The summed E-state index contributed by atoms with van der Waals surface area (Å²) in [7, 11) is 3.54. The maximum Gasteiger partial charge on any atom is 0.328 e. The third-order valence-electron chi connectivity index (χ3n) is 4.50. The zero-order valence-electron chi connectivity index (χ0n) is 15.4. The fourth-order valence-corrected chi connectivity index (χ4v) is 3.10. The van der Waals surface area contributed by atoms with Gasteiger partial charge in [0.1, 0.15) is 18.0 Å². The quantitative estimate of drug-likeness (QED) is 0.583. The third-order valence-corrected chi connectivity index (χ3v) is 4.50. The minimum absolute atomic E-state index is 0.0474. The van der Waals surface area contributed by atoms with Crippen molar-refractivity contribution in [1.82, 2.24) is 19.1 Å². The molecule has 7 nitrogen and oxygen atoms in total. The van der Waals surface area contributed by atoms with Gasteiger partial charge in [0, 0.05) is 31.5 Å². The molecule has 2 aromatic carbocycles. The van der Waals surface area contributed by atoms with Gasteiger partial charge in [-0.05, 0) is 42.8 Å². The van der Waals surface area contributed by atoms with Crippen molar-refractivity contribution in [1.29, 1.82) is 0 Å². The molecule has 2 N–H and O–H groups in total. The van der Waals surface area contributed by atoms with E-state index < -0.39 is 0 Å². The van der Waals surface area contributed by atoms with E-state index in [1.165, 1.54) is 11.9 Å². The highest BCUT2D eigenvalue weighted by Crippen LogP contribution is 2.22. The number of imidazole rings is 1. The largest absolute Gasteiger partial charge is 0.340 e. The Labute approximate surface area is 156 Å². The summed E-state index contributed by atoms with van der Waals surface area (Å²) >= 11 is 0. The molecule has 136 valence electrons. The Morgan fingerprint density at radius 1 is 0.815 bits per heavy atom. The van der Waals surface area contributed by atoms with Crippen LogP contribution in [-0.4, -0.2) is 19.1 Å². The second-order valence-corrected chi connectivity index (χ2v) is 6.51. The number of nitrogens with one attached hydrogen (secondary N) is 2. The molecule has 0 atom stereocenters. The van der Waals surface area contributed by atoms with Gasteiger partial charge in [-0.25, -0.2) is 14.8 Å². The van der Waals surface area contributed by atoms with E-state index in [2.05, 4.69) is 26.7 Å². The Hall–Kier alpha value is -3.61. The van der Waals surface area contributed by atoms with Gasteiger partial charge in [0.15, 0.2) is 0 Å². The summed E-state index contributed by atoms with van der Waals surface area (Å²) in [5.74, 6) is 1.37. The summed E-state index contributed by atoms with van der Waals surface area (Å²) in [5.41, 5.74) is 4.70. The molecule has 0 bridgehead atoms. The molecule has 2 aromatic heterocycles. The molecule has 0 radical (unpaired) electrons. The van der Waals surface area contributed by atoms with E-state index in [4.69, 9.17) is 0 Å². The number of hydrogen-bond acceptors (Lipinski definition) is 5. The SMILES string of the molecule is Cc1cccc(Nc2cc(Nc3ccc4c(c3)n(C)c(=O)n4C)ncn2)c1. The molecule has 0 aliphatic heterocycles. The fourth-order valence-electron chi connectivity index (χ4n) is 3.10. The normalized spacial score (nSPS) is 10.9. The van der Waals surface area contributed by atoms with Crippen LogP contribution in [0.4, 0.5) is 23.0 Å². The topological polar surface area (TPSA) is 76.8 Å². The maximum atomic E-state index is 12.1. The lowest BCUT2D eigenvalue weighted by molar-refractivity contribution is 0.795. The Bertz CT molecular complexity index is 1190. The number of aromatic nitrogens is 4. The van der Waals surface area contributed by atoms with E-state index in [0.717, 1.165) is 22.4 Å². The van der Waals surface area contributed by atoms with Gasteiger partial charge in [-0.1, -0.05) is 12.1 Å². The predicted molar refractivity (Wildman–Crippen MR) is 108 cm³/mol. The molecule has 0 unspecified atom stereocenters. The van der Waals surface area contributed by atoms with E-state index in [1.807, 2.05) is 49.4 Å². The Morgan fingerprint density at radius 3 is 2.19 bits per heavy atom. The molecular weight excluding hydrogens is 340 g/mol. The van der Waals surface area contributed by atoms with Gasteiger partial charge < -0.3 is 10.6 Å². The maximum absolute atomic E-state index is 12.1. The van der Waals surface area contributed by atoms with Gasteiger partial charge >= 0.3 is 5.69 Å². The van der Waals surface area contributed by atoms with Crippen LogP contribution in [0.2, 0.25) is 0 Å². The van der Waals surface area contributed by atoms with Crippen molar-refractivity contribution in [3.8, 4) is 0 Å². The van der Waals surface area contributed by atoms with Crippen molar-refractivity contribution in [2.24, 2.45) is 14.1 Å². The van der Waals surface area contributed by atoms with Crippen molar-refractivity contribution in [2.45, 2.75) is 6.92 Å². The lowest BCUT2D eigenvalue weighted by Crippen LogP contribution is -2.19. The Morgan fingerprint density at radius 2 is 1.48 bits per heavy atom. The van der Waals surface area contributed by atoms with Crippen LogP contribution >= 0.6 is 0 Å². The van der Waals surface area contributed by atoms with E-state index >= 15 is 0 Å². The molecule has 4 rings (SSSR count). The summed E-state index contributed by atoms with van der Waals surface area (Å²) in [5, 5.41) is 6.55. The number of fused-ring (bicyclic) bond motifs is 1. The zero-order chi connectivity index (χ0) is 19.0. The minimum Gasteiger partial charge on any atom is -0.340 e. The summed E-state index contributed by atoms with van der Waals surface area (Å²) in [6.07, 6.45) is 1.51. The fraction of sp³-hybridized carbons (Fsp3) is 0.150. The van der Waals surface area contributed by atoms with Gasteiger partial charge in [-0.15, -0.1) is 0 Å². The Balaban J connectivity index is 1.60. The third kappa shape index (κ3) is 3.27. The molecule has 0 saturated heterocycles. The minimum atomic E-state index is -0.0474. The van der Waals surface area contributed by atoms with Gasteiger partial charge in [0.2, 0.25) is 0 Å². The van der Waals surface area contributed by atoms with Crippen LogP contribution in [0.3, 0.4) is 0 Å². The molecule has 0 aliphatic rings. The van der Waals surface area contributed by atoms with Crippen LogP contribution < -0.4 is 16.3 Å². The average Bonchev–Trinajstić information content (AvgIpc) is 2.86. The number of rotatable bonds is 4. The van der Waals surface area contributed by atoms with E-state index in [0.29, 0.717) is 11.6 Å². The molecular formula is C20H20N6O. The van der Waals surface area contributed by atoms with Crippen LogP contribution in [-0.2, 0) is 14.1 Å². The molecule has 4 aromatic rings. The van der Waals surface area contributed by atoms with E-state index in [-0.39, 0.29) is 5.69 Å². The molecule has 0 amide bonds. The molecule has 0 saturated carbocycles. The van der Waals surface area contributed by atoms with Crippen molar-refractivity contribution in [3.63, 3.8) is 0 Å². The summed E-state index contributed by atoms with van der Waals surface area (Å²) in [4.78, 5) is 20.6. The summed E-state index contributed by atoms with van der Waals surface area (Å²) in [6.45, 7) is 2.05. The number of nitrogens with zero attached hydrogens (tertiary/aromatic N) is 4. The average molecular weight is 360 g/mol.